The Morgan fingerprint density at radius 3 is 2.47 bits per heavy atom. The Labute approximate surface area is 172 Å². The van der Waals surface area contributed by atoms with Crippen molar-refractivity contribution >= 4 is 11.0 Å². The fourth-order valence-corrected chi connectivity index (χ4v) is 3.65. The van der Waals surface area contributed by atoms with Crippen LogP contribution in [-0.2, 0) is 9.47 Å². The molecule has 30 heavy (non-hydrogen) atoms. The molecular formula is C23H22O7. The Balaban J connectivity index is 1.68. The molecule has 2 heterocycles. The molecule has 1 aliphatic rings. The average Bonchev–Trinajstić information content (AvgIpc) is 2.73. The molecule has 0 fully saturated rings. The minimum Gasteiger partial charge on any atom is -0.495 e. The number of hydrogen-bond donors (Lipinski definition) is 2. The Morgan fingerprint density at radius 1 is 1.03 bits per heavy atom. The molecular weight excluding hydrogens is 388 g/mol. The van der Waals surface area contributed by atoms with E-state index in [2.05, 4.69) is 0 Å². The number of ether oxygens (including phenoxy) is 3. The third-order valence-corrected chi connectivity index (χ3v) is 5.18. The van der Waals surface area contributed by atoms with Crippen molar-refractivity contribution < 1.29 is 28.8 Å². The summed E-state index contributed by atoms with van der Waals surface area (Å²) in [6.45, 7) is 3.48. The zero-order valence-electron chi connectivity index (χ0n) is 16.8. The summed E-state index contributed by atoms with van der Waals surface area (Å²) in [4.78, 5) is 12.6. The van der Waals surface area contributed by atoms with Gasteiger partial charge in [0.05, 0.1) is 12.7 Å². The SMILES string of the molecule is COC1=C(C)OC(Oc2ccc3c(C)c(-c4ccccc4)c(=O)oc3c2)[C@@H](O)[C@H]1O. The first-order chi connectivity index (χ1) is 14.4. The Kier molecular flexibility index (Phi) is 5.24. The molecule has 3 atom stereocenters. The molecule has 2 aromatic carbocycles. The number of fused-ring (bicyclic) bond motifs is 1. The molecule has 2 N–H and O–H groups in total. The lowest BCUT2D eigenvalue weighted by Gasteiger charge is -2.33. The van der Waals surface area contributed by atoms with Crippen LogP contribution in [0.4, 0.5) is 0 Å². The average molecular weight is 410 g/mol. The molecule has 4 rings (SSSR count). The molecule has 0 radical (unpaired) electrons. The lowest BCUT2D eigenvalue weighted by atomic mass is 10.00. The lowest BCUT2D eigenvalue weighted by molar-refractivity contribution is -0.175. The second-order valence-corrected chi connectivity index (χ2v) is 7.08. The van der Waals surface area contributed by atoms with Gasteiger partial charge in [-0.2, -0.15) is 0 Å². The minimum absolute atomic E-state index is 0.149. The van der Waals surface area contributed by atoms with Crippen LogP contribution in [-0.4, -0.2) is 35.8 Å². The number of rotatable bonds is 4. The van der Waals surface area contributed by atoms with Crippen molar-refractivity contribution in [3.63, 3.8) is 0 Å². The van der Waals surface area contributed by atoms with Gasteiger partial charge < -0.3 is 28.8 Å². The van der Waals surface area contributed by atoms with Crippen molar-refractivity contribution in [1.82, 2.24) is 0 Å². The van der Waals surface area contributed by atoms with Gasteiger partial charge in [-0.3, -0.25) is 0 Å². The second kappa shape index (κ2) is 7.85. The van der Waals surface area contributed by atoms with Crippen molar-refractivity contribution in [3.8, 4) is 16.9 Å². The normalized spacial score (nSPS) is 21.4. The van der Waals surface area contributed by atoms with E-state index in [-0.39, 0.29) is 5.76 Å². The van der Waals surface area contributed by atoms with Crippen LogP contribution in [0.25, 0.3) is 22.1 Å². The first-order valence-electron chi connectivity index (χ1n) is 9.47. The van der Waals surface area contributed by atoms with Gasteiger partial charge in [-0.1, -0.05) is 30.3 Å². The number of aliphatic hydroxyl groups excluding tert-OH is 2. The van der Waals surface area contributed by atoms with Gasteiger partial charge >= 0.3 is 5.63 Å². The van der Waals surface area contributed by atoms with Gasteiger partial charge in [-0.15, -0.1) is 0 Å². The number of methoxy groups -OCH3 is 1. The smallest absolute Gasteiger partial charge is 0.344 e. The van der Waals surface area contributed by atoms with Gasteiger partial charge in [0.2, 0.25) is 0 Å². The van der Waals surface area contributed by atoms with Gasteiger partial charge in [-0.05, 0) is 37.1 Å². The molecule has 7 heteroatoms. The molecule has 3 aromatic rings. The van der Waals surface area contributed by atoms with Gasteiger partial charge in [0.1, 0.15) is 23.2 Å². The quantitative estimate of drug-likeness (QED) is 0.638. The summed E-state index contributed by atoms with van der Waals surface area (Å²) < 4.78 is 21.9. The summed E-state index contributed by atoms with van der Waals surface area (Å²) in [5, 5.41) is 21.2. The molecule has 0 saturated heterocycles. The summed E-state index contributed by atoms with van der Waals surface area (Å²) in [5.74, 6) is 0.786. The van der Waals surface area contributed by atoms with E-state index in [4.69, 9.17) is 18.6 Å². The standard InChI is InChI=1S/C23H22O7/c1-12-16-10-9-15(29-23-20(25)19(24)21(27-3)13(2)28-23)11-17(16)30-22(26)18(12)14-7-5-4-6-8-14/h4-11,19-20,23-25H,1-3H3/t19-,20+,23?/m1/s1. The maximum absolute atomic E-state index is 12.6. The van der Waals surface area contributed by atoms with Crippen LogP contribution in [0.3, 0.4) is 0 Å². The molecule has 0 bridgehead atoms. The van der Waals surface area contributed by atoms with Crippen LogP contribution < -0.4 is 10.4 Å². The molecule has 1 unspecified atom stereocenters. The minimum atomic E-state index is -1.35. The fraction of sp³-hybridized carbons (Fsp3) is 0.261. The van der Waals surface area contributed by atoms with Crippen molar-refractivity contribution in [2.45, 2.75) is 32.3 Å². The van der Waals surface area contributed by atoms with E-state index in [0.717, 1.165) is 16.5 Å². The van der Waals surface area contributed by atoms with Crippen LogP contribution in [0.2, 0.25) is 0 Å². The number of allylic oxidation sites excluding steroid dienone is 1. The first-order valence-corrected chi connectivity index (χ1v) is 9.47. The van der Waals surface area contributed by atoms with Crippen LogP contribution in [0.15, 0.2) is 69.3 Å². The van der Waals surface area contributed by atoms with Crippen molar-refractivity contribution in [2.75, 3.05) is 7.11 Å². The highest BCUT2D eigenvalue weighted by molar-refractivity contribution is 5.87. The third kappa shape index (κ3) is 3.42. The Morgan fingerprint density at radius 2 is 1.77 bits per heavy atom. The molecule has 0 saturated carbocycles. The van der Waals surface area contributed by atoms with E-state index in [1.54, 1.807) is 25.1 Å². The number of benzene rings is 2. The van der Waals surface area contributed by atoms with Gasteiger partial charge in [0, 0.05) is 11.5 Å². The van der Waals surface area contributed by atoms with Crippen LogP contribution >= 0.6 is 0 Å². The monoisotopic (exact) mass is 410 g/mol. The molecule has 156 valence electrons. The fourth-order valence-electron chi connectivity index (χ4n) is 3.65. The van der Waals surface area contributed by atoms with E-state index >= 15 is 0 Å². The maximum Gasteiger partial charge on any atom is 0.344 e. The van der Waals surface area contributed by atoms with E-state index in [1.807, 2.05) is 37.3 Å². The van der Waals surface area contributed by atoms with Gasteiger partial charge in [0.25, 0.3) is 6.29 Å². The highest BCUT2D eigenvalue weighted by atomic mass is 16.7. The van der Waals surface area contributed by atoms with Gasteiger partial charge in [-0.25, -0.2) is 4.79 Å². The summed E-state index contributed by atoms with van der Waals surface area (Å²) in [6.07, 6.45) is -3.77. The molecule has 0 amide bonds. The zero-order valence-corrected chi connectivity index (χ0v) is 16.8. The van der Waals surface area contributed by atoms with E-state index < -0.39 is 24.1 Å². The maximum atomic E-state index is 12.6. The molecule has 1 aliphatic heterocycles. The largest absolute Gasteiger partial charge is 0.495 e. The van der Waals surface area contributed by atoms with Crippen LogP contribution in [0, 0.1) is 6.92 Å². The zero-order chi connectivity index (χ0) is 21.4. The first kappa shape index (κ1) is 20.0. The van der Waals surface area contributed by atoms with Crippen LogP contribution in [0.5, 0.6) is 5.75 Å². The molecule has 1 aromatic heterocycles. The van der Waals surface area contributed by atoms with Crippen molar-refractivity contribution in [3.05, 3.63) is 76.0 Å². The third-order valence-electron chi connectivity index (χ3n) is 5.18. The molecule has 0 spiro atoms. The summed E-state index contributed by atoms with van der Waals surface area (Å²) >= 11 is 0. The summed E-state index contributed by atoms with van der Waals surface area (Å²) in [7, 11) is 1.39. The van der Waals surface area contributed by atoms with Crippen molar-refractivity contribution in [1.29, 1.82) is 0 Å². The summed E-state index contributed by atoms with van der Waals surface area (Å²) in [5.41, 5.74) is 2.00. The highest BCUT2D eigenvalue weighted by Crippen LogP contribution is 2.31. The lowest BCUT2D eigenvalue weighted by Crippen LogP contribution is -2.47. The number of aryl methyl sites for hydroxylation is 1. The molecule has 7 nitrogen and oxygen atoms in total. The van der Waals surface area contributed by atoms with E-state index in [1.165, 1.54) is 7.11 Å². The Bertz CT molecular complexity index is 1160. The Hall–Kier alpha value is -3.29. The summed E-state index contributed by atoms with van der Waals surface area (Å²) in [6, 6.07) is 14.4. The second-order valence-electron chi connectivity index (χ2n) is 7.08. The van der Waals surface area contributed by atoms with E-state index in [9.17, 15) is 15.0 Å². The number of hydrogen-bond acceptors (Lipinski definition) is 7. The van der Waals surface area contributed by atoms with Gasteiger partial charge in [0.15, 0.2) is 11.9 Å². The highest BCUT2D eigenvalue weighted by Gasteiger charge is 2.39. The predicted octanol–water partition coefficient (Wildman–Crippen LogP) is 3.10. The predicted molar refractivity (Wildman–Crippen MR) is 110 cm³/mol. The van der Waals surface area contributed by atoms with Crippen LogP contribution in [0.1, 0.15) is 12.5 Å². The number of aliphatic hydroxyl groups is 2. The van der Waals surface area contributed by atoms with E-state index in [0.29, 0.717) is 22.7 Å². The van der Waals surface area contributed by atoms with Crippen molar-refractivity contribution in [2.24, 2.45) is 0 Å². The molecule has 0 aliphatic carbocycles. The topological polar surface area (TPSA) is 98.4 Å².